The number of aryl methyl sites for hydroxylation is 1. The number of ether oxygens (including phenoxy) is 2. The number of rotatable bonds is 15. The van der Waals surface area contributed by atoms with Crippen LogP contribution >= 0.6 is 0 Å². The van der Waals surface area contributed by atoms with Gasteiger partial charge in [0, 0.05) is 19.2 Å². The summed E-state index contributed by atoms with van der Waals surface area (Å²) in [5, 5.41) is 2.90. The molecule has 0 radical (unpaired) electrons. The predicted octanol–water partition coefficient (Wildman–Crippen LogP) is 4.58. The van der Waals surface area contributed by atoms with E-state index in [1.807, 2.05) is 51.1 Å². The summed E-state index contributed by atoms with van der Waals surface area (Å²) in [6, 6.07) is 20.1. The van der Waals surface area contributed by atoms with E-state index < -0.39 is 28.5 Å². The van der Waals surface area contributed by atoms with E-state index in [-0.39, 0.29) is 23.1 Å². The number of carbonyl (C=O) groups is 2. The molecule has 0 spiro atoms. The highest BCUT2D eigenvalue weighted by Gasteiger charge is 2.33. The van der Waals surface area contributed by atoms with Gasteiger partial charge in [0.05, 0.1) is 24.8 Å². The van der Waals surface area contributed by atoms with Crippen LogP contribution in [0, 0.1) is 6.92 Å². The van der Waals surface area contributed by atoms with Gasteiger partial charge >= 0.3 is 0 Å². The smallest absolute Gasteiger partial charge is 0.264 e. The van der Waals surface area contributed by atoms with Crippen LogP contribution in [0.25, 0.3) is 0 Å². The molecule has 1 atom stereocenters. The molecule has 0 unspecified atom stereocenters. The summed E-state index contributed by atoms with van der Waals surface area (Å²) in [5.74, 6) is -0.110. The summed E-state index contributed by atoms with van der Waals surface area (Å²) >= 11 is 0. The van der Waals surface area contributed by atoms with Gasteiger partial charge in [0.2, 0.25) is 11.8 Å². The first-order valence-electron chi connectivity index (χ1n) is 14.1. The highest BCUT2D eigenvalue weighted by molar-refractivity contribution is 7.92. The Morgan fingerprint density at radius 2 is 1.57 bits per heavy atom. The van der Waals surface area contributed by atoms with Crippen molar-refractivity contribution in [3.05, 3.63) is 83.9 Å². The number of hydrogen-bond donors (Lipinski definition) is 1. The SMILES string of the molecule is CCCNC(=O)[C@H](CC)N(CCc1ccccc1)C(=O)CN(c1ccc(C)cc1)S(=O)(=O)c1ccc(OC)c(OC)c1. The van der Waals surface area contributed by atoms with Crippen LogP contribution in [0.2, 0.25) is 0 Å². The van der Waals surface area contributed by atoms with Crippen LogP contribution in [-0.2, 0) is 26.0 Å². The number of carbonyl (C=O) groups excluding carboxylic acids is 2. The number of nitrogens with one attached hydrogen (secondary N) is 1. The van der Waals surface area contributed by atoms with E-state index in [1.54, 1.807) is 24.3 Å². The van der Waals surface area contributed by atoms with Gasteiger partial charge in [-0.15, -0.1) is 0 Å². The van der Waals surface area contributed by atoms with Crippen LogP contribution in [-0.4, -0.2) is 65.0 Å². The molecule has 0 aliphatic heterocycles. The average molecular weight is 596 g/mol. The first kappa shape index (κ1) is 32.5. The topological polar surface area (TPSA) is 105 Å². The van der Waals surface area contributed by atoms with Gasteiger partial charge in [0.25, 0.3) is 10.0 Å². The molecule has 0 aliphatic carbocycles. The van der Waals surface area contributed by atoms with Crippen LogP contribution in [0.1, 0.15) is 37.8 Å². The van der Waals surface area contributed by atoms with Gasteiger partial charge in [-0.3, -0.25) is 13.9 Å². The lowest BCUT2D eigenvalue weighted by atomic mass is 10.1. The molecule has 0 heterocycles. The van der Waals surface area contributed by atoms with E-state index in [1.165, 1.54) is 37.3 Å². The second-order valence-corrected chi connectivity index (χ2v) is 11.8. The number of hydrogen-bond acceptors (Lipinski definition) is 6. The molecule has 9 nitrogen and oxygen atoms in total. The molecular weight excluding hydrogens is 554 g/mol. The van der Waals surface area contributed by atoms with Crippen molar-refractivity contribution in [2.24, 2.45) is 0 Å². The Balaban J connectivity index is 2.04. The highest BCUT2D eigenvalue weighted by atomic mass is 32.2. The van der Waals surface area contributed by atoms with Crippen molar-refractivity contribution >= 4 is 27.5 Å². The van der Waals surface area contributed by atoms with E-state index in [0.29, 0.717) is 30.8 Å². The number of sulfonamides is 1. The summed E-state index contributed by atoms with van der Waals surface area (Å²) in [6.07, 6.45) is 1.64. The van der Waals surface area contributed by atoms with Gasteiger partial charge in [-0.1, -0.05) is 61.9 Å². The molecule has 0 aromatic heterocycles. The maximum Gasteiger partial charge on any atom is 0.264 e. The predicted molar refractivity (Wildman–Crippen MR) is 164 cm³/mol. The zero-order chi connectivity index (χ0) is 30.7. The van der Waals surface area contributed by atoms with Gasteiger partial charge in [0.15, 0.2) is 11.5 Å². The summed E-state index contributed by atoms with van der Waals surface area (Å²) in [7, 11) is -1.35. The van der Waals surface area contributed by atoms with Gasteiger partial charge in [-0.2, -0.15) is 0 Å². The normalized spacial score (nSPS) is 11.8. The number of methoxy groups -OCH3 is 2. The second-order valence-electron chi connectivity index (χ2n) is 9.90. The Morgan fingerprint density at radius 3 is 2.17 bits per heavy atom. The molecule has 2 amide bonds. The van der Waals surface area contributed by atoms with Gasteiger partial charge < -0.3 is 19.7 Å². The van der Waals surface area contributed by atoms with E-state index in [2.05, 4.69) is 5.32 Å². The summed E-state index contributed by atoms with van der Waals surface area (Å²) in [5.41, 5.74) is 2.28. The van der Waals surface area contributed by atoms with Crippen molar-refractivity contribution in [3.8, 4) is 11.5 Å². The fourth-order valence-electron chi connectivity index (χ4n) is 4.61. The minimum Gasteiger partial charge on any atom is -0.493 e. The highest BCUT2D eigenvalue weighted by Crippen LogP contribution is 2.32. The maximum absolute atomic E-state index is 14.1. The number of nitrogens with zero attached hydrogens (tertiary/aromatic N) is 2. The van der Waals surface area contributed by atoms with Crippen molar-refractivity contribution in [3.63, 3.8) is 0 Å². The van der Waals surface area contributed by atoms with Crippen LogP contribution in [0.3, 0.4) is 0 Å². The Bertz CT molecular complexity index is 1430. The quantitative estimate of drug-likeness (QED) is 0.276. The first-order valence-corrected chi connectivity index (χ1v) is 15.5. The lowest BCUT2D eigenvalue weighted by Gasteiger charge is -2.33. The lowest BCUT2D eigenvalue weighted by Crippen LogP contribution is -2.53. The summed E-state index contributed by atoms with van der Waals surface area (Å²) in [6.45, 7) is 5.94. The molecule has 0 saturated carbocycles. The third-order valence-corrected chi connectivity index (χ3v) is 8.73. The molecule has 0 fully saturated rings. The van der Waals surface area contributed by atoms with E-state index in [0.717, 1.165) is 21.9 Å². The third kappa shape index (κ3) is 8.03. The standard InChI is InChI=1S/C32H41N3O6S/c1-6-20-33-32(37)28(7-2)34(21-19-25-11-9-8-10-12-25)31(36)23-35(26-15-13-24(3)14-16-26)42(38,39)27-17-18-29(40-4)30(22-27)41-5/h8-18,22,28H,6-7,19-21,23H2,1-5H3,(H,33,37)/t28-/m0/s1. The Kier molecular flexibility index (Phi) is 11.8. The van der Waals surface area contributed by atoms with Crippen molar-refractivity contribution in [2.75, 3.05) is 38.2 Å². The Hall–Kier alpha value is -4.05. The van der Waals surface area contributed by atoms with Crippen molar-refractivity contribution in [1.29, 1.82) is 0 Å². The van der Waals surface area contributed by atoms with Crippen molar-refractivity contribution in [2.45, 2.75) is 51.0 Å². The Labute approximate surface area is 249 Å². The van der Waals surface area contributed by atoms with E-state index in [4.69, 9.17) is 9.47 Å². The third-order valence-electron chi connectivity index (χ3n) is 6.96. The maximum atomic E-state index is 14.1. The molecule has 42 heavy (non-hydrogen) atoms. The minimum atomic E-state index is -4.24. The van der Waals surface area contributed by atoms with Crippen LogP contribution in [0.5, 0.6) is 11.5 Å². The molecule has 226 valence electrons. The van der Waals surface area contributed by atoms with Gasteiger partial charge in [-0.05, 0) is 56.0 Å². The number of amides is 2. The summed E-state index contributed by atoms with van der Waals surface area (Å²) < 4.78 is 39.9. The molecule has 0 bridgehead atoms. The lowest BCUT2D eigenvalue weighted by molar-refractivity contribution is -0.139. The molecule has 1 N–H and O–H groups in total. The fraction of sp³-hybridized carbons (Fsp3) is 0.375. The molecule has 3 rings (SSSR count). The van der Waals surface area contributed by atoms with Gasteiger partial charge in [0.1, 0.15) is 12.6 Å². The number of benzene rings is 3. The van der Waals surface area contributed by atoms with E-state index in [9.17, 15) is 18.0 Å². The van der Waals surface area contributed by atoms with Gasteiger partial charge in [-0.25, -0.2) is 8.42 Å². The average Bonchev–Trinajstić information content (AvgIpc) is 3.01. The summed E-state index contributed by atoms with van der Waals surface area (Å²) in [4.78, 5) is 28.7. The monoisotopic (exact) mass is 595 g/mol. The molecule has 3 aromatic carbocycles. The second kappa shape index (κ2) is 15.3. The first-order chi connectivity index (χ1) is 20.2. The molecule has 10 heteroatoms. The minimum absolute atomic E-state index is 0.0582. The molecule has 0 saturated heterocycles. The largest absolute Gasteiger partial charge is 0.493 e. The Morgan fingerprint density at radius 1 is 0.905 bits per heavy atom. The number of anilines is 1. The van der Waals surface area contributed by atoms with Crippen LogP contribution in [0.4, 0.5) is 5.69 Å². The molecular formula is C32H41N3O6S. The van der Waals surface area contributed by atoms with Crippen molar-refractivity contribution < 1.29 is 27.5 Å². The molecule has 3 aromatic rings. The van der Waals surface area contributed by atoms with Crippen LogP contribution < -0.4 is 19.1 Å². The van der Waals surface area contributed by atoms with Crippen LogP contribution in [0.15, 0.2) is 77.7 Å². The zero-order valence-corrected chi connectivity index (χ0v) is 25.8. The van der Waals surface area contributed by atoms with E-state index >= 15 is 0 Å². The fourth-order valence-corrected chi connectivity index (χ4v) is 6.04. The molecule has 0 aliphatic rings. The zero-order valence-electron chi connectivity index (χ0n) is 25.0. The van der Waals surface area contributed by atoms with Crippen molar-refractivity contribution in [1.82, 2.24) is 10.2 Å².